The van der Waals surface area contributed by atoms with Gasteiger partial charge in [0, 0.05) is 24.7 Å². The Morgan fingerprint density at radius 3 is 2.75 bits per heavy atom. The van der Waals surface area contributed by atoms with E-state index in [1.54, 1.807) is 0 Å². The Labute approximate surface area is 148 Å². The van der Waals surface area contributed by atoms with E-state index in [0.29, 0.717) is 0 Å². The van der Waals surface area contributed by atoms with Crippen LogP contribution in [-0.2, 0) is 7.05 Å². The van der Waals surface area contributed by atoms with Crippen molar-refractivity contribution in [2.75, 3.05) is 38.2 Å². The van der Waals surface area contributed by atoms with Crippen molar-refractivity contribution in [1.29, 1.82) is 0 Å². The lowest BCUT2D eigenvalue weighted by Gasteiger charge is -2.14. The smallest absolute Gasteiger partial charge is 0.160 e. The fourth-order valence-electron chi connectivity index (χ4n) is 2.96. The van der Waals surface area contributed by atoms with Crippen molar-refractivity contribution in [2.24, 2.45) is 7.05 Å². The number of hydrogen-bond acceptors (Lipinski definition) is 5. The molecule has 2 heterocycles. The van der Waals surface area contributed by atoms with E-state index in [9.17, 15) is 0 Å². The molecule has 6 nitrogen and oxygen atoms in total. The number of nitrogen functional groups attached to an aromatic ring is 1. The summed E-state index contributed by atoms with van der Waals surface area (Å²) in [7, 11) is 6.11. The normalized spacial score (nSPS) is 11.2. The molecule has 0 saturated carbocycles. The van der Waals surface area contributed by atoms with Crippen LogP contribution in [-0.4, -0.2) is 46.8 Å². The second-order valence-electron chi connectivity index (χ2n) is 6.25. The fraction of sp³-hybridized carbons (Fsp3) is 0.412. The summed E-state index contributed by atoms with van der Waals surface area (Å²) in [6, 6.07) is 5.85. The largest absolute Gasteiger partial charge is 0.399 e. The first-order valence-corrected chi connectivity index (χ1v) is 7.88. The van der Waals surface area contributed by atoms with Gasteiger partial charge in [0.25, 0.3) is 0 Å². The molecule has 2 aromatic heterocycles. The van der Waals surface area contributed by atoms with Gasteiger partial charge >= 0.3 is 0 Å². The Balaban J connectivity index is 0.00000208. The van der Waals surface area contributed by atoms with Crippen LogP contribution in [0.15, 0.2) is 18.2 Å². The molecule has 0 aliphatic rings. The number of anilines is 2. The number of nitrogens with one attached hydrogen (secondary N) is 1. The maximum atomic E-state index is 5.99. The molecule has 0 spiro atoms. The monoisotopic (exact) mass is 348 g/mol. The average Bonchev–Trinajstić information content (AvgIpc) is 2.77. The Morgan fingerprint density at radius 1 is 1.29 bits per heavy atom. The second-order valence-corrected chi connectivity index (χ2v) is 6.25. The van der Waals surface area contributed by atoms with Crippen molar-refractivity contribution in [3.05, 3.63) is 23.9 Å². The van der Waals surface area contributed by atoms with Crippen LogP contribution in [0.5, 0.6) is 0 Å². The molecule has 3 aromatic rings. The van der Waals surface area contributed by atoms with Crippen LogP contribution in [0.2, 0.25) is 0 Å². The molecule has 0 atom stereocenters. The molecule has 7 heteroatoms. The minimum absolute atomic E-state index is 0. The van der Waals surface area contributed by atoms with Crippen molar-refractivity contribution < 1.29 is 0 Å². The molecule has 0 radical (unpaired) electrons. The molecule has 1 aromatic carbocycles. The zero-order valence-electron chi connectivity index (χ0n) is 14.6. The third-order valence-electron chi connectivity index (χ3n) is 4.04. The minimum atomic E-state index is 0. The second kappa shape index (κ2) is 7.23. The van der Waals surface area contributed by atoms with Crippen LogP contribution < -0.4 is 11.1 Å². The Morgan fingerprint density at radius 2 is 2.04 bits per heavy atom. The minimum Gasteiger partial charge on any atom is -0.399 e. The average molecular weight is 349 g/mol. The highest BCUT2D eigenvalue weighted by atomic mass is 35.5. The molecule has 0 unspecified atom stereocenters. The van der Waals surface area contributed by atoms with Gasteiger partial charge in [-0.05, 0) is 52.2 Å². The molecule has 0 aliphatic heterocycles. The SMILES string of the molecule is Cc1nn(C)c2nc3ccc(N)cc3c(NCCCN(C)C)c12.Cl. The zero-order chi connectivity index (χ0) is 16.6. The predicted octanol–water partition coefficient (Wildman–Crippen LogP) is 2.80. The van der Waals surface area contributed by atoms with E-state index in [0.717, 1.165) is 58.5 Å². The number of hydrogen-bond donors (Lipinski definition) is 2. The van der Waals surface area contributed by atoms with Crippen LogP contribution >= 0.6 is 12.4 Å². The van der Waals surface area contributed by atoms with Crippen molar-refractivity contribution in [3.8, 4) is 0 Å². The number of pyridine rings is 1. The van der Waals surface area contributed by atoms with E-state index in [4.69, 9.17) is 10.7 Å². The molecule has 0 aliphatic carbocycles. The number of aryl methyl sites for hydroxylation is 2. The quantitative estimate of drug-likeness (QED) is 0.548. The van der Waals surface area contributed by atoms with Gasteiger partial charge in [-0.2, -0.15) is 5.10 Å². The summed E-state index contributed by atoms with van der Waals surface area (Å²) in [4.78, 5) is 6.94. The van der Waals surface area contributed by atoms with E-state index >= 15 is 0 Å². The highest BCUT2D eigenvalue weighted by Gasteiger charge is 2.15. The summed E-state index contributed by atoms with van der Waals surface area (Å²) in [5.74, 6) is 0. The van der Waals surface area contributed by atoms with Gasteiger partial charge in [0.15, 0.2) is 5.65 Å². The van der Waals surface area contributed by atoms with Gasteiger partial charge in [-0.25, -0.2) is 4.98 Å². The lowest BCUT2D eigenvalue weighted by atomic mass is 10.1. The summed E-state index contributed by atoms with van der Waals surface area (Å²) in [6.07, 6.45) is 1.07. The molecule has 24 heavy (non-hydrogen) atoms. The first-order chi connectivity index (χ1) is 11.0. The number of nitrogens with zero attached hydrogens (tertiary/aromatic N) is 4. The number of rotatable bonds is 5. The molecule has 0 saturated heterocycles. The maximum Gasteiger partial charge on any atom is 0.160 e. The van der Waals surface area contributed by atoms with Crippen molar-refractivity contribution in [1.82, 2.24) is 19.7 Å². The molecule has 3 N–H and O–H groups in total. The molecule has 0 fully saturated rings. The number of nitrogens with two attached hydrogens (primary N) is 1. The standard InChI is InChI=1S/C17H24N6.ClH/c1-11-15-16(19-8-5-9-22(2)3)13-10-12(18)6-7-14(13)20-17(15)23(4)21-11;/h6-7,10H,5,8-9,18H2,1-4H3,(H,19,20);1H. The highest BCUT2D eigenvalue weighted by Crippen LogP contribution is 2.33. The molecule has 3 rings (SSSR count). The number of halogens is 1. The van der Waals surface area contributed by atoms with Crippen LogP contribution in [0.1, 0.15) is 12.1 Å². The Bertz CT molecular complexity index is 855. The van der Waals surface area contributed by atoms with E-state index in [1.165, 1.54) is 0 Å². The van der Waals surface area contributed by atoms with Gasteiger partial charge < -0.3 is 16.0 Å². The number of aromatic nitrogens is 3. The Hall–Kier alpha value is -2.05. The van der Waals surface area contributed by atoms with Gasteiger partial charge in [0.1, 0.15) is 0 Å². The highest BCUT2D eigenvalue weighted by molar-refractivity contribution is 6.08. The van der Waals surface area contributed by atoms with Crippen molar-refractivity contribution >= 4 is 45.7 Å². The first-order valence-electron chi connectivity index (χ1n) is 7.88. The van der Waals surface area contributed by atoms with Crippen LogP contribution in [0.25, 0.3) is 21.9 Å². The summed E-state index contributed by atoms with van der Waals surface area (Å²) >= 11 is 0. The molecule has 0 bridgehead atoms. The van der Waals surface area contributed by atoms with Crippen LogP contribution in [0.4, 0.5) is 11.4 Å². The van der Waals surface area contributed by atoms with Gasteiger partial charge in [-0.15, -0.1) is 12.4 Å². The number of benzene rings is 1. The predicted molar refractivity (Wildman–Crippen MR) is 104 cm³/mol. The van der Waals surface area contributed by atoms with Crippen molar-refractivity contribution in [3.63, 3.8) is 0 Å². The zero-order valence-corrected chi connectivity index (χ0v) is 15.4. The van der Waals surface area contributed by atoms with E-state index in [1.807, 2.05) is 36.9 Å². The number of fused-ring (bicyclic) bond motifs is 2. The van der Waals surface area contributed by atoms with Crippen molar-refractivity contribution in [2.45, 2.75) is 13.3 Å². The van der Waals surface area contributed by atoms with Gasteiger partial charge in [0.05, 0.1) is 22.3 Å². The topological polar surface area (TPSA) is 72.0 Å². The van der Waals surface area contributed by atoms with E-state index in [-0.39, 0.29) is 12.4 Å². The molecule has 130 valence electrons. The summed E-state index contributed by atoms with van der Waals surface area (Å²) in [5, 5.41) is 10.3. The van der Waals surface area contributed by atoms with E-state index in [2.05, 4.69) is 29.4 Å². The van der Waals surface area contributed by atoms with Gasteiger partial charge in [0.2, 0.25) is 0 Å². The maximum absolute atomic E-state index is 5.99. The summed E-state index contributed by atoms with van der Waals surface area (Å²) < 4.78 is 1.84. The first kappa shape index (κ1) is 18.3. The fourth-order valence-corrected chi connectivity index (χ4v) is 2.96. The lowest BCUT2D eigenvalue weighted by molar-refractivity contribution is 0.405. The Kier molecular flexibility index (Phi) is 5.51. The lowest BCUT2D eigenvalue weighted by Crippen LogP contribution is -2.16. The molecule has 0 amide bonds. The summed E-state index contributed by atoms with van der Waals surface area (Å²) in [5.41, 5.74) is 10.6. The van der Waals surface area contributed by atoms with Gasteiger partial charge in [-0.3, -0.25) is 4.68 Å². The van der Waals surface area contributed by atoms with Crippen LogP contribution in [0.3, 0.4) is 0 Å². The molecular formula is C17H25ClN6. The summed E-state index contributed by atoms with van der Waals surface area (Å²) in [6.45, 7) is 3.97. The van der Waals surface area contributed by atoms with E-state index < -0.39 is 0 Å². The molecular weight excluding hydrogens is 324 g/mol. The van der Waals surface area contributed by atoms with Gasteiger partial charge in [-0.1, -0.05) is 0 Å². The van der Waals surface area contributed by atoms with Crippen LogP contribution in [0, 0.1) is 6.92 Å². The third-order valence-corrected chi connectivity index (χ3v) is 4.04. The third kappa shape index (κ3) is 3.39.